The lowest BCUT2D eigenvalue weighted by atomic mass is 10.00. The molecule has 0 saturated heterocycles. The molecular weight excluding hydrogens is 323 g/mol. The summed E-state index contributed by atoms with van der Waals surface area (Å²) < 4.78 is 15.7. The highest BCUT2D eigenvalue weighted by Gasteiger charge is 2.23. The number of aliphatic imine (C=N–C) groups is 1. The third-order valence-corrected chi connectivity index (χ3v) is 4.05. The van der Waals surface area contributed by atoms with Crippen LogP contribution >= 0.6 is 0 Å². The summed E-state index contributed by atoms with van der Waals surface area (Å²) in [7, 11) is 0. The van der Waals surface area contributed by atoms with Crippen LogP contribution in [0.4, 0.5) is 4.39 Å². The average Bonchev–Trinajstić information content (AvgIpc) is 2.80. The van der Waals surface area contributed by atoms with E-state index in [4.69, 9.17) is 0 Å². The highest BCUT2D eigenvalue weighted by molar-refractivity contribution is 6.15. The minimum Gasteiger partial charge on any atom is -0.390 e. The molecule has 6 nitrogen and oxygen atoms in total. The number of benzene rings is 2. The first kappa shape index (κ1) is 15.3. The maximum absolute atomic E-state index is 14.3. The standard InChI is InChI=1S/C18H13FN4O2/c19-13-7-3-1-5-11(13)17-12-6-2-4-8-15(12)23-16(9-20-17)22-21-14(10-24)18(23)25/h1-8,24H,9-10H2. The molecular formula is C18H13FN4O2. The largest absolute Gasteiger partial charge is 0.390 e. The molecule has 2 aromatic carbocycles. The number of hydrogen-bond acceptors (Lipinski definition) is 5. The van der Waals surface area contributed by atoms with Gasteiger partial charge in [-0.1, -0.05) is 30.3 Å². The van der Waals surface area contributed by atoms with Crippen molar-refractivity contribution in [2.24, 2.45) is 4.99 Å². The Labute approximate surface area is 141 Å². The van der Waals surface area contributed by atoms with Crippen LogP contribution in [0, 0.1) is 5.82 Å². The Bertz CT molecular complexity index is 1060. The predicted octanol–water partition coefficient (Wildman–Crippen LogP) is 1.61. The Morgan fingerprint density at radius 3 is 2.52 bits per heavy atom. The van der Waals surface area contributed by atoms with Gasteiger partial charge in [-0.2, -0.15) is 0 Å². The van der Waals surface area contributed by atoms with Gasteiger partial charge in [-0.05, 0) is 18.2 Å². The maximum Gasteiger partial charge on any atom is 0.282 e. The van der Waals surface area contributed by atoms with E-state index >= 15 is 0 Å². The topological polar surface area (TPSA) is 80.4 Å². The summed E-state index contributed by atoms with van der Waals surface area (Å²) in [6.45, 7) is -0.429. The fraction of sp³-hybridized carbons (Fsp3) is 0.111. The third-order valence-electron chi connectivity index (χ3n) is 4.05. The Balaban J connectivity index is 2.03. The average molecular weight is 336 g/mol. The molecule has 0 aliphatic carbocycles. The van der Waals surface area contributed by atoms with E-state index in [1.54, 1.807) is 42.5 Å². The van der Waals surface area contributed by atoms with Crippen LogP contribution in [0.5, 0.6) is 0 Å². The van der Waals surface area contributed by atoms with Crippen LogP contribution in [0.15, 0.2) is 58.3 Å². The Morgan fingerprint density at radius 1 is 1.04 bits per heavy atom. The number of aliphatic hydroxyl groups excluding tert-OH is 1. The van der Waals surface area contributed by atoms with Gasteiger partial charge in [0.25, 0.3) is 5.56 Å². The van der Waals surface area contributed by atoms with E-state index in [0.29, 0.717) is 28.4 Å². The molecule has 0 radical (unpaired) electrons. The number of aliphatic hydroxyl groups is 1. The smallest absolute Gasteiger partial charge is 0.282 e. The van der Waals surface area contributed by atoms with Crippen LogP contribution in [-0.4, -0.2) is 25.6 Å². The number of fused-ring (bicyclic) bond motifs is 3. The van der Waals surface area contributed by atoms with E-state index in [-0.39, 0.29) is 12.2 Å². The molecule has 0 unspecified atom stereocenters. The van der Waals surface area contributed by atoms with Crippen LogP contribution in [0.25, 0.3) is 5.69 Å². The highest BCUT2D eigenvalue weighted by Crippen LogP contribution is 2.24. The zero-order valence-corrected chi connectivity index (χ0v) is 13.1. The molecule has 124 valence electrons. The fourth-order valence-corrected chi connectivity index (χ4v) is 2.89. The summed E-state index contributed by atoms with van der Waals surface area (Å²) in [5.74, 6) is -0.0579. The van der Waals surface area contributed by atoms with E-state index in [2.05, 4.69) is 15.2 Å². The SMILES string of the molecule is O=c1c(CO)nnc2n1-c1ccccc1C(c1ccccc1F)=NC2. The van der Waals surface area contributed by atoms with Crippen molar-refractivity contribution in [2.75, 3.05) is 0 Å². The lowest BCUT2D eigenvalue weighted by Crippen LogP contribution is -2.28. The van der Waals surface area contributed by atoms with Crippen molar-refractivity contribution in [2.45, 2.75) is 13.2 Å². The monoisotopic (exact) mass is 336 g/mol. The molecule has 0 saturated carbocycles. The van der Waals surface area contributed by atoms with Crippen molar-refractivity contribution >= 4 is 5.71 Å². The highest BCUT2D eigenvalue weighted by atomic mass is 19.1. The molecule has 1 N–H and O–H groups in total. The maximum atomic E-state index is 14.3. The second-order valence-corrected chi connectivity index (χ2v) is 5.52. The van der Waals surface area contributed by atoms with E-state index in [1.807, 2.05) is 0 Å². The minimum atomic E-state index is -0.505. The summed E-state index contributed by atoms with van der Waals surface area (Å²) in [6.07, 6.45) is 0. The zero-order chi connectivity index (χ0) is 17.4. The molecule has 3 aromatic rings. The molecule has 25 heavy (non-hydrogen) atoms. The number of hydrogen-bond donors (Lipinski definition) is 1. The molecule has 1 aromatic heterocycles. The van der Waals surface area contributed by atoms with Crippen molar-refractivity contribution in [3.8, 4) is 5.69 Å². The van der Waals surface area contributed by atoms with E-state index in [1.165, 1.54) is 10.6 Å². The normalized spacial score (nSPS) is 12.8. The summed E-state index contributed by atoms with van der Waals surface area (Å²) in [4.78, 5) is 17.1. The first-order valence-electron chi connectivity index (χ1n) is 7.68. The Hall–Kier alpha value is -3.19. The first-order chi connectivity index (χ1) is 12.2. The molecule has 2 heterocycles. The number of nitrogens with zero attached hydrogens (tertiary/aromatic N) is 4. The van der Waals surface area contributed by atoms with E-state index in [0.717, 1.165) is 0 Å². The number of aromatic nitrogens is 3. The van der Waals surface area contributed by atoms with Crippen molar-refractivity contribution in [3.63, 3.8) is 0 Å². The second-order valence-electron chi connectivity index (χ2n) is 5.52. The van der Waals surface area contributed by atoms with Gasteiger partial charge in [-0.15, -0.1) is 10.2 Å². The number of halogens is 1. The van der Waals surface area contributed by atoms with Crippen molar-refractivity contribution in [3.05, 3.63) is 87.3 Å². The molecule has 1 aliphatic heterocycles. The second kappa shape index (κ2) is 6.03. The lowest BCUT2D eigenvalue weighted by molar-refractivity contribution is 0.272. The van der Waals surface area contributed by atoms with Gasteiger partial charge in [0.05, 0.1) is 18.0 Å². The van der Waals surface area contributed by atoms with Gasteiger partial charge in [-0.3, -0.25) is 14.4 Å². The van der Waals surface area contributed by atoms with Gasteiger partial charge in [0.2, 0.25) is 0 Å². The zero-order valence-electron chi connectivity index (χ0n) is 13.1. The first-order valence-corrected chi connectivity index (χ1v) is 7.68. The minimum absolute atomic E-state index is 0.0482. The van der Waals surface area contributed by atoms with Crippen molar-refractivity contribution < 1.29 is 9.50 Å². The third kappa shape index (κ3) is 2.45. The number of para-hydroxylation sites is 1. The predicted molar refractivity (Wildman–Crippen MR) is 89.3 cm³/mol. The van der Waals surface area contributed by atoms with Gasteiger partial charge >= 0.3 is 0 Å². The van der Waals surface area contributed by atoms with Gasteiger partial charge < -0.3 is 5.11 Å². The fourth-order valence-electron chi connectivity index (χ4n) is 2.89. The molecule has 0 fully saturated rings. The summed E-state index contributed by atoms with van der Waals surface area (Å²) in [6, 6.07) is 13.5. The lowest BCUT2D eigenvalue weighted by Gasteiger charge is -2.13. The number of rotatable bonds is 2. The molecule has 0 amide bonds. The molecule has 1 aliphatic rings. The van der Waals surface area contributed by atoms with Crippen LogP contribution in [0.2, 0.25) is 0 Å². The Kier molecular flexibility index (Phi) is 3.70. The summed E-state index contributed by atoms with van der Waals surface area (Å²) in [5, 5.41) is 17.1. The van der Waals surface area contributed by atoms with Gasteiger partial charge in [0, 0.05) is 11.1 Å². The molecule has 4 rings (SSSR count). The van der Waals surface area contributed by atoms with E-state index < -0.39 is 18.0 Å². The molecule has 0 atom stereocenters. The molecule has 7 heteroatoms. The summed E-state index contributed by atoms with van der Waals surface area (Å²) >= 11 is 0. The van der Waals surface area contributed by atoms with Crippen LogP contribution in [-0.2, 0) is 13.2 Å². The van der Waals surface area contributed by atoms with Crippen LogP contribution < -0.4 is 5.56 Å². The van der Waals surface area contributed by atoms with Crippen LogP contribution in [0.3, 0.4) is 0 Å². The van der Waals surface area contributed by atoms with Crippen LogP contribution in [0.1, 0.15) is 22.6 Å². The quantitative estimate of drug-likeness (QED) is 0.771. The van der Waals surface area contributed by atoms with E-state index in [9.17, 15) is 14.3 Å². The molecule has 0 bridgehead atoms. The van der Waals surface area contributed by atoms with Gasteiger partial charge in [0.1, 0.15) is 12.4 Å². The van der Waals surface area contributed by atoms with Crippen molar-refractivity contribution in [1.29, 1.82) is 0 Å². The van der Waals surface area contributed by atoms with Gasteiger partial charge in [-0.25, -0.2) is 4.39 Å². The van der Waals surface area contributed by atoms with Crippen molar-refractivity contribution in [1.82, 2.24) is 14.8 Å². The summed E-state index contributed by atoms with van der Waals surface area (Å²) in [5.41, 5.74) is 1.45. The Morgan fingerprint density at radius 2 is 1.76 bits per heavy atom. The van der Waals surface area contributed by atoms with Gasteiger partial charge in [0.15, 0.2) is 11.5 Å². The molecule has 0 spiro atoms.